The van der Waals surface area contributed by atoms with Gasteiger partial charge in [-0.15, -0.1) is 0 Å². The first-order valence-corrected chi connectivity index (χ1v) is 7.57. The minimum Gasteiger partial charge on any atom is -0.313 e. The van der Waals surface area contributed by atoms with Crippen molar-refractivity contribution in [3.63, 3.8) is 0 Å². The van der Waals surface area contributed by atoms with E-state index >= 15 is 0 Å². The van der Waals surface area contributed by atoms with Gasteiger partial charge >= 0.3 is 11.9 Å². The maximum Gasteiger partial charge on any atom is 0.416 e. The Morgan fingerprint density at radius 1 is 1.13 bits per heavy atom. The first kappa shape index (κ1) is 15.9. The molecule has 124 valence electrons. The highest BCUT2D eigenvalue weighted by Crippen LogP contribution is 2.29. The third-order valence-electron chi connectivity index (χ3n) is 4.31. The van der Waals surface area contributed by atoms with Gasteiger partial charge in [-0.1, -0.05) is 12.1 Å². The van der Waals surface area contributed by atoms with Crippen molar-refractivity contribution < 1.29 is 13.2 Å². The van der Waals surface area contributed by atoms with E-state index in [1.807, 2.05) is 0 Å². The second-order valence-corrected chi connectivity index (χ2v) is 5.87. The summed E-state index contributed by atoms with van der Waals surface area (Å²) in [5.41, 5.74) is 0.160. The smallest absolute Gasteiger partial charge is 0.313 e. The maximum absolute atomic E-state index is 12.5. The molecule has 2 aromatic rings. The summed E-state index contributed by atoms with van der Waals surface area (Å²) in [4.78, 5) is 16.4. The third kappa shape index (κ3) is 3.67. The molecule has 0 saturated carbocycles. The molecule has 4 nitrogen and oxygen atoms in total. The second-order valence-electron chi connectivity index (χ2n) is 5.87. The van der Waals surface area contributed by atoms with Crippen molar-refractivity contribution in [3.05, 3.63) is 58.3 Å². The number of aromatic nitrogens is 2. The largest absolute Gasteiger partial charge is 0.416 e. The Morgan fingerprint density at radius 2 is 1.78 bits per heavy atom. The van der Waals surface area contributed by atoms with Crippen molar-refractivity contribution >= 4 is 0 Å². The lowest BCUT2D eigenvalue weighted by Gasteiger charge is -2.32. The van der Waals surface area contributed by atoms with E-state index in [9.17, 15) is 18.0 Å². The lowest BCUT2D eigenvalue weighted by atomic mass is 10.0. The van der Waals surface area contributed by atoms with Crippen LogP contribution in [0.4, 0.5) is 13.2 Å². The standard InChI is InChI=1S/C16H18F3N3O/c17-16(18,19)13-3-1-12(2-4-13)11-21-8-5-14(6-9-21)22-10-7-20-15(22)23/h1-4,7,10,14H,5-6,8-9,11H2,(H,20,23). The number of imidazole rings is 1. The van der Waals surface area contributed by atoms with Crippen molar-refractivity contribution in [1.82, 2.24) is 14.5 Å². The summed E-state index contributed by atoms with van der Waals surface area (Å²) in [7, 11) is 0. The first-order valence-electron chi connectivity index (χ1n) is 7.57. The number of hydrogen-bond donors (Lipinski definition) is 1. The van der Waals surface area contributed by atoms with Gasteiger partial charge in [-0.3, -0.25) is 9.47 Å². The number of nitrogens with zero attached hydrogens (tertiary/aromatic N) is 2. The van der Waals surface area contributed by atoms with E-state index in [4.69, 9.17) is 0 Å². The number of nitrogens with one attached hydrogen (secondary N) is 1. The molecule has 0 radical (unpaired) electrons. The molecule has 0 aliphatic carbocycles. The highest BCUT2D eigenvalue weighted by molar-refractivity contribution is 5.24. The van der Waals surface area contributed by atoms with Gasteiger partial charge in [-0.2, -0.15) is 13.2 Å². The van der Waals surface area contributed by atoms with Crippen LogP contribution < -0.4 is 5.69 Å². The highest BCUT2D eigenvalue weighted by Gasteiger charge is 2.30. The van der Waals surface area contributed by atoms with E-state index in [0.717, 1.165) is 43.6 Å². The van der Waals surface area contributed by atoms with Gasteiger partial charge in [0, 0.05) is 38.1 Å². The molecule has 0 amide bonds. The van der Waals surface area contributed by atoms with Crippen LogP contribution in [-0.4, -0.2) is 27.5 Å². The zero-order valence-electron chi connectivity index (χ0n) is 12.5. The second kappa shape index (κ2) is 6.23. The topological polar surface area (TPSA) is 41.0 Å². The van der Waals surface area contributed by atoms with Crippen LogP contribution in [0.5, 0.6) is 0 Å². The van der Waals surface area contributed by atoms with Crippen LogP contribution in [-0.2, 0) is 12.7 Å². The SMILES string of the molecule is O=c1[nH]ccn1C1CCN(Cc2ccc(C(F)(F)F)cc2)CC1. The predicted molar refractivity (Wildman–Crippen MR) is 80.0 cm³/mol. The molecule has 23 heavy (non-hydrogen) atoms. The van der Waals surface area contributed by atoms with Crippen molar-refractivity contribution in [3.8, 4) is 0 Å². The van der Waals surface area contributed by atoms with Gasteiger partial charge in [0.25, 0.3) is 0 Å². The van der Waals surface area contributed by atoms with Gasteiger partial charge in [-0.25, -0.2) is 4.79 Å². The lowest BCUT2D eigenvalue weighted by Crippen LogP contribution is -2.36. The number of aromatic amines is 1. The molecule has 1 saturated heterocycles. The van der Waals surface area contributed by atoms with Crippen molar-refractivity contribution in [1.29, 1.82) is 0 Å². The fourth-order valence-electron chi connectivity index (χ4n) is 3.03. The van der Waals surface area contributed by atoms with Crippen LogP contribution in [0.25, 0.3) is 0 Å². The van der Waals surface area contributed by atoms with Gasteiger partial charge in [-0.05, 0) is 30.5 Å². The van der Waals surface area contributed by atoms with Crippen molar-refractivity contribution in [2.75, 3.05) is 13.1 Å². The Balaban J connectivity index is 1.57. The van der Waals surface area contributed by atoms with Crippen LogP contribution in [0.15, 0.2) is 41.5 Å². The number of piperidine rings is 1. The molecule has 1 aromatic carbocycles. The number of hydrogen-bond acceptors (Lipinski definition) is 2. The highest BCUT2D eigenvalue weighted by atomic mass is 19.4. The number of likely N-dealkylation sites (tertiary alicyclic amines) is 1. The number of alkyl halides is 3. The van der Waals surface area contributed by atoms with Crippen LogP contribution >= 0.6 is 0 Å². The summed E-state index contributed by atoms with van der Waals surface area (Å²) in [6, 6.07) is 5.51. The average molecular weight is 325 g/mol. The van der Waals surface area contributed by atoms with E-state index in [1.165, 1.54) is 12.1 Å². The molecular formula is C16H18F3N3O. The first-order chi connectivity index (χ1) is 10.9. The normalized spacial score (nSPS) is 17.5. The van der Waals surface area contributed by atoms with Gasteiger partial charge in [0.1, 0.15) is 0 Å². The predicted octanol–water partition coefficient (Wildman–Crippen LogP) is 3.03. The molecule has 1 aromatic heterocycles. The molecule has 1 fully saturated rings. The number of halogens is 3. The van der Waals surface area contributed by atoms with Crippen LogP contribution in [0.2, 0.25) is 0 Å². The Hall–Kier alpha value is -2.02. The molecule has 2 heterocycles. The summed E-state index contributed by atoms with van der Waals surface area (Å²) >= 11 is 0. The maximum atomic E-state index is 12.5. The molecule has 3 rings (SSSR count). The van der Waals surface area contributed by atoms with Crippen LogP contribution in [0.1, 0.15) is 30.0 Å². The van der Waals surface area contributed by atoms with E-state index < -0.39 is 11.7 Å². The number of H-pyrrole nitrogens is 1. The molecule has 1 N–H and O–H groups in total. The minimum atomic E-state index is -4.29. The fourth-order valence-corrected chi connectivity index (χ4v) is 3.03. The lowest BCUT2D eigenvalue weighted by molar-refractivity contribution is -0.137. The summed E-state index contributed by atoms with van der Waals surface area (Å²) in [5, 5.41) is 0. The number of rotatable bonds is 3. The molecule has 0 atom stereocenters. The van der Waals surface area contributed by atoms with E-state index in [2.05, 4.69) is 9.88 Å². The summed E-state index contributed by atoms with van der Waals surface area (Å²) in [6.45, 7) is 2.28. The quantitative estimate of drug-likeness (QED) is 0.942. The van der Waals surface area contributed by atoms with E-state index in [0.29, 0.717) is 6.54 Å². The Morgan fingerprint density at radius 3 is 2.30 bits per heavy atom. The van der Waals surface area contributed by atoms with Crippen molar-refractivity contribution in [2.45, 2.75) is 31.6 Å². The van der Waals surface area contributed by atoms with Crippen LogP contribution in [0.3, 0.4) is 0 Å². The zero-order chi connectivity index (χ0) is 16.4. The van der Waals surface area contributed by atoms with Gasteiger partial charge < -0.3 is 4.98 Å². The van der Waals surface area contributed by atoms with Gasteiger partial charge in [0.05, 0.1) is 5.56 Å². The van der Waals surface area contributed by atoms with Gasteiger partial charge in [0.2, 0.25) is 0 Å². The average Bonchev–Trinajstić information content (AvgIpc) is 2.94. The third-order valence-corrected chi connectivity index (χ3v) is 4.31. The van der Waals surface area contributed by atoms with Crippen molar-refractivity contribution in [2.24, 2.45) is 0 Å². The molecule has 0 spiro atoms. The molecular weight excluding hydrogens is 307 g/mol. The number of benzene rings is 1. The monoisotopic (exact) mass is 325 g/mol. The Kier molecular flexibility index (Phi) is 4.30. The molecule has 0 bridgehead atoms. The fraction of sp³-hybridized carbons (Fsp3) is 0.438. The molecule has 7 heteroatoms. The molecule has 1 aliphatic heterocycles. The Labute approximate surface area is 131 Å². The molecule has 1 aliphatic rings. The van der Waals surface area contributed by atoms with Gasteiger partial charge in [0.15, 0.2) is 0 Å². The summed E-state index contributed by atoms with van der Waals surface area (Å²) in [5.74, 6) is 0. The van der Waals surface area contributed by atoms with E-state index in [-0.39, 0.29) is 11.7 Å². The molecule has 0 unspecified atom stereocenters. The minimum absolute atomic E-state index is 0.0915. The summed E-state index contributed by atoms with van der Waals surface area (Å²) < 4.78 is 39.4. The Bertz CT molecular complexity index is 694. The summed E-state index contributed by atoms with van der Waals surface area (Å²) in [6.07, 6.45) is 0.826. The van der Waals surface area contributed by atoms with Crippen LogP contribution in [0, 0.1) is 0 Å². The zero-order valence-corrected chi connectivity index (χ0v) is 12.5. The van der Waals surface area contributed by atoms with E-state index in [1.54, 1.807) is 17.0 Å².